The Morgan fingerprint density at radius 3 is 2.68 bits per heavy atom. The second-order valence-corrected chi connectivity index (χ2v) is 6.57. The standard InChI is InChI=1S/C21H19ClO6/c1-12-15-8-17(22)19(27-11-13-5-4-6-14(7-13)25-2)10-18(15)28-21(24)16(12)9-20(23)26-3/h4-8,10H,9,11H2,1-3H3. The largest absolute Gasteiger partial charge is 0.497 e. The quantitative estimate of drug-likeness (QED) is 0.457. The number of methoxy groups -OCH3 is 2. The summed E-state index contributed by atoms with van der Waals surface area (Å²) >= 11 is 6.36. The summed E-state index contributed by atoms with van der Waals surface area (Å²) < 4.78 is 21.0. The van der Waals surface area contributed by atoms with Crippen molar-refractivity contribution in [2.24, 2.45) is 0 Å². The van der Waals surface area contributed by atoms with E-state index in [0.29, 0.717) is 27.3 Å². The lowest BCUT2D eigenvalue weighted by Crippen LogP contribution is -2.16. The maximum absolute atomic E-state index is 12.3. The molecule has 0 spiro atoms. The van der Waals surface area contributed by atoms with Crippen LogP contribution in [0.1, 0.15) is 16.7 Å². The van der Waals surface area contributed by atoms with Crippen molar-refractivity contribution < 1.29 is 23.4 Å². The molecule has 0 aliphatic heterocycles. The highest BCUT2D eigenvalue weighted by Gasteiger charge is 2.17. The van der Waals surface area contributed by atoms with Crippen LogP contribution in [0.3, 0.4) is 0 Å². The van der Waals surface area contributed by atoms with E-state index in [1.54, 1.807) is 26.2 Å². The molecular weight excluding hydrogens is 384 g/mol. The number of ether oxygens (including phenoxy) is 3. The van der Waals surface area contributed by atoms with Gasteiger partial charge in [-0.2, -0.15) is 0 Å². The van der Waals surface area contributed by atoms with E-state index in [0.717, 1.165) is 11.3 Å². The van der Waals surface area contributed by atoms with Gasteiger partial charge in [-0.1, -0.05) is 23.7 Å². The molecule has 0 N–H and O–H groups in total. The number of aryl methyl sites for hydroxylation is 1. The van der Waals surface area contributed by atoms with Crippen molar-refractivity contribution in [3.05, 3.63) is 68.5 Å². The normalized spacial score (nSPS) is 10.7. The monoisotopic (exact) mass is 402 g/mol. The van der Waals surface area contributed by atoms with Crippen molar-refractivity contribution in [3.63, 3.8) is 0 Å². The van der Waals surface area contributed by atoms with Crippen molar-refractivity contribution >= 4 is 28.5 Å². The summed E-state index contributed by atoms with van der Waals surface area (Å²) in [7, 11) is 2.86. The smallest absolute Gasteiger partial charge is 0.340 e. The lowest BCUT2D eigenvalue weighted by molar-refractivity contribution is -0.139. The maximum atomic E-state index is 12.3. The molecule has 0 radical (unpaired) electrons. The van der Waals surface area contributed by atoms with Gasteiger partial charge in [0.25, 0.3) is 0 Å². The highest BCUT2D eigenvalue weighted by molar-refractivity contribution is 6.32. The van der Waals surface area contributed by atoms with Crippen molar-refractivity contribution in [1.82, 2.24) is 0 Å². The van der Waals surface area contributed by atoms with Crippen LogP contribution in [0.15, 0.2) is 45.6 Å². The highest BCUT2D eigenvalue weighted by Crippen LogP contribution is 2.32. The number of fused-ring (bicyclic) bond motifs is 1. The Labute approximate surface area is 166 Å². The molecule has 1 aromatic heterocycles. The summed E-state index contributed by atoms with van der Waals surface area (Å²) in [6.45, 7) is 2.01. The van der Waals surface area contributed by atoms with Gasteiger partial charge >= 0.3 is 11.6 Å². The average Bonchev–Trinajstić information content (AvgIpc) is 2.70. The predicted octanol–water partition coefficient (Wildman–Crippen LogP) is 4.06. The molecule has 0 amide bonds. The number of carbonyl (C=O) groups excluding carboxylic acids is 1. The van der Waals surface area contributed by atoms with E-state index in [1.165, 1.54) is 7.11 Å². The maximum Gasteiger partial charge on any atom is 0.340 e. The van der Waals surface area contributed by atoms with Crippen LogP contribution < -0.4 is 15.1 Å². The molecule has 3 rings (SSSR count). The van der Waals surface area contributed by atoms with Crippen molar-refractivity contribution in [2.45, 2.75) is 20.0 Å². The lowest BCUT2D eigenvalue weighted by atomic mass is 10.0. The molecule has 7 heteroatoms. The second-order valence-electron chi connectivity index (χ2n) is 6.16. The highest BCUT2D eigenvalue weighted by atomic mass is 35.5. The Morgan fingerprint density at radius 1 is 1.18 bits per heavy atom. The number of hydrogen-bond acceptors (Lipinski definition) is 6. The molecule has 0 saturated carbocycles. The number of hydrogen-bond donors (Lipinski definition) is 0. The number of esters is 1. The molecule has 6 nitrogen and oxygen atoms in total. The van der Waals surface area contributed by atoms with E-state index in [-0.39, 0.29) is 18.6 Å². The van der Waals surface area contributed by atoms with Crippen LogP contribution in [0.4, 0.5) is 0 Å². The van der Waals surface area contributed by atoms with Gasteiger partial charge in [0.1, 0.15) is 23.7 Å². The molecular formula is C21H19ClO6. The third-order valence-corrected chi connectivity index (χ3v) is 4.71. The van der Waals surface area contributed by atoms with Crippen LogP contribution in [0.25, 0.3) is 11.0 Å². The van der Waals surface area contributed by atoms with Crippen molar-refractivity contribution in [2.75, 3.05) is 14.2 Å². The predicted molar refractivity (Wildman–Crippen MR) is 105 cm³/mol. The zero-order valence-electron chi connectivity index (χ0n) is 15.7. The van der Waals surface area contributed by atoms with E-state index in [4.69, 9.17) is 25.5 Å². The van der Waals surface area contributed by atoms with Gasteiger partial charge in [-0.3, -0.25) is 4.79 Å². The van der Waals surface area contributed by atoms with Gasteiger partial charge < -0.3 is 18.6 Å². The van der Waals surface area contributed by atoms with Gasteiger partial charge in [0.15, 0.2) is 0 Å². The molecule has 3 aromatic rings. The van der Waals surface area contributed by atoms with Gasteiger partial charge in [0, 0.05) is 11.5 Å². The van der Waals surface area contributed by atoms with Gasteiger partial charge in [0.05, 0.1) is 31.2 Å². The van der Waals surface area contributed by atoms with Gasteiger partial charge in [-0.05, 0) is 36.2 Å². The molecule has 0 unspecified atom stereocenters. The van der Waals surface area contributed by atoms with Crippen LogP contribution in [0.2, 0.25) is 5.02 Å². The Hall–Kier alpha value is -2.99. The number of rotatable bonds is 6. The molecule has 0 aliphatic rings. The van der Waals surface area contributed by atoms with Crippen molar-refractivity contribution in [3.8, 4) is 11.5 Å². The molecule has 0 fully saturated rings. The molecule has 0 aliphatic carbocycles. The Balaban J connectivity index is 1.93. The fourth-order valence-electron chi connectivity index (χ4n) is 2.84. The Morgan fingerprint density at radius 2 is 1.96 bits per heavy atom. The number of halogens is 1. The molecule has 1 heterocycles. The van der Waals surface area contributed by atoms with E-state index >= 15 is 0 Å². The summed E-state index contributed by atoms with van der Waals surface area (Å²) in [6, 6.07) is 10.7. The fraction of sp³-hybridized carbons (Fsp3) is 0.238. The first-order chi connectivity index (χ1) is 13.4. The van der Waals surface area contributed by atoms with E-state index in [2.05, 4.69) is 4.74 Å². The molecule has 0 saturated heterocycles. The first kappa shape index (κ1) is 19.8. The van der Waals surface area contributed by atoms with Crippen molar-refractivity contribution in [1.29, 1.82) is 0 Å². The van der Waals surface area contributed by atoms with Crippen LogP contribution in [-0.4, -0.2) is 20.2 Å². The van der Waals surface area contributed by atoms with Crippen LogP contribution >= 0.6 is 11.6 Å². The number of carbonyl (C=O) groups is 1. The molecule has 0 bridgehead atoms. The molecule has 0 atom stereocenters. The summed E-state index contributed by atoms with van der Waals surface area (Å²) in [5, 5.41) is 1.01. The average molecular weight is 403 g/mol. The third kappa shape index (κ3) is 4.12. The van der Waals surface area contributed by atoms with E-state index < -0.39 is 11.6 Å². The van der Waals surface area contributed by atoms with E-state index in [9.17, 15) is 9.59 Å². The topological polar surface area (TPSA) is 75.0 Å². The first-order valence-corrected chi connectivity index (χ1v) is 8.89. The van der Waals surface area contributed by atoms with Crippen LogP contribution in [-0.2, 0) is 22.6 Å². The van der Waals surface area contributed by atoms with E-state index in [1.807, 2.05) is 24.3 Å². The minimum atomic E-state index is -0.587. The zero-order valence-corrected chi connectivity index (χ0v) is 16.5. The minimum absolute atomic E-state index is 0.160. The summed E-state index contributed by atoms with van der Waals surface area (Å²) in [5.41, 5.74) is 1.53. The van der Waals surface area contributed by atoms with Crippen LogP contribution in [0, 0.1) is 6.92 Å². The summed E-state index contributed by atoms with van der Waals surface area (Å²) in [5.74, 6) is 0.602. The fourth-order valence-corrected chi connectivity index (χ4v) is 3.06. The third-order valence-electron chi connectivity index (χ3n) is 4.42. The molecule has 28 heavy (non-hydrogen) atoms. The second kappa shape index (κ2) is 8.35. The lowest BCUT2D eigenvalue weighted by Gasteiger charge is -2.12. The Kier molecular flexibility index (Phi) is 5.90. The number of benzene rings is 2. The molecule has 146 valence electrons. The van der Waals surface area contributed by atoms with Gasteiger partial charge in [-0.15, -0.1) is 0 Å². The van der Waals surface area contributed by atoms with Gasteiger partial charge in [-0.25, -0.2) is 4.79 Å². The van der Waals surface area contributed by atoms with Gasteiger partial charge in [0.2, 0.25) is 0 Å². The summed E-state index contributed by atoms with van der Waals surface area (Å²) in [4.78, 5) is 23.8. The zero-order chi connectivity index (χ0) is 20.3. The Bertz CT molecular complexity index is 1090. The molecule has 2 aromatic carbocycles. The van der Waals surface area contributed by atoms with Crippen LogP contribution in [0.5, 0.6) is 11.5 Å². The first-order valence-electron chi connectivity index (χ1n) is 8.51. The minimum Gasteiger partial charge on any atom is -0.497 e. The SMILES string of the molecule is COC(=O)Cc1c(C)c2cc(Cl)c(OCc3cccc(OC)c3)cc2oc1=O. The summed E-state index contributed by atoms with van der Waals surface area (Å²) in [6.07, 6.45) is -0.160.